The third-order valence-corrected chi connectivity index (χ3v) is 4.32. The van der Waals surface area contributed by atoms with Gasteiger partial charge >= 0.3 is 0 Å². The van der Waals surface area contributed by atoms with E-state index in [1.807, 2.05) is 30.3 Å². The van der Waals surface area contributed by atoms with E-state index in [0.29, 0.717) is 5.92 Å². The highest BCUT2D eigenvalue weighted by Crippen LogP contribution is 2.40. The van der Waals surface area contributed by atoms with Gasteiger partial charge in [-0.15, -0.1) is 0 Å². The summed E-state index contributed by atoms with van der Waals surface area (Å²) in [5, 5.41) is 3.35. The van der Waals surface area contributed by atoms with Crippen molar-refractivity contribution >= 4 is 5.91 Å². The lowest BCUT2D eigenvalue weighted by Gasteiger charge is -2.40. The molecule has 1 fully saturated rings. The molecule has 0 radical (unpaired) electrons. The highest BCUT2D eigenvalue weighted by molar-refractivity contribution is 5.87. The van der Waals surface area contributed by atoms with E-state index in [9.17, 15) is 4.79 Å². The van der Waals surface area contributed by atoms with E-state index in [2.05, 4.69) is 12.2 Å². The average molecular weight is 246 g/mol. The molecule has 0 bridgehead atoms. The van der Waals surface area contributed by atoms with E-state index in [1.165, 1.54) is 0 Å². The number of amides is 1. The second kappa shape index (κ2) is 5.53. The van der Waals surface area contributed by atoms with Gasteiger partial charge in [-0.25, -0.2) is 0 Å². The Bertz CT molecular complexity index is 398. The molecule has 1 aliphatic rings. The molecule has 3 heteroatoms. The van der Waals surface area contributed by atoms with Crippen molar-refractivity contribution in [3.63, 3.8) is 0 Å². The third-order valence-electron chi connectivity index (χ3n) is 4.32. The van der Waals surface area contributed by atoms with E-state index in [0.717, 1.165) is 37.9 Å². The molecule has 18 heavy (non-hydrogen) atoms. The van der Waals surface area contributed by atoms with Crippen molar-refractivity contribution in [2.24, 2.45) is 11.7 Å². The zero-order chi connectivity index (χ0) is 13.0. The van der Waals surface area contributed by atoms with Crippen LogP contribution in [0, 0.1) is 5.92 Å². The molecular weight excluding hydrogens is 224 g/mol. The largest absolute Gasteiger partial charge is 0.369 e. The molecule has 98 valence electrons. The van der Waals surface area contributed by atoms with Crippen LogP contribution in [0.2, 0.25) is 0 Å². The zero-order valence-corrected chi connectivity index (χ0v) is 11.0. The number of primary amides is 1. The summed E-state index contributed by atoms with van der Waals surface area (Å²) in [6.45, 7) is 4.03. The van der Waals surface area contributed by atoms with Crippen molar-refractivity contribution in [1.82, 2.24) is 5.32 Å². The van der Waals surface area contributed by atoms with Crippen LogP contribution in [0.3, 0.4) is 0 Å². The summed E-state index contributed by atoms with van der Waals surface area (Å²) < 4.78 is 0. The molecule has 3 N–H and O–H groups in total. The Kier molecular flexibility index (Phi) is 4.02. The van der Waals surface area contributed by atoms with Gasteiger partial charge < -0.3 is 11.1 Å². The lowest BCUT2D eigenvalue weighted by Crippen LogP contribution is -2.50. The van der Waals surface area contributed by atoms with Gasteiger partial charge in [0.1, 0.15) is 0 Å². The first-order valence-electron chi connectivity index (χ1n) is 6.78. The molecule has 1 saturated heterocycles. The van der Waals surface area contributed by atoms with Crippen molar-refractivity contribution in [1.29, 1.82) is 0 Å². The van der Waals surface area contributed by atoms with Crippen LogP contribution in [0.1, 0.15) is 31.7 Å². The Morgan fingerprint density at radius 2 is 1.94 bits per heavy atom. The fraction of sp³-hybridized carbons (Fsp3) is 0.533. The molecule has 0 spiro atoms. The van der Waals surface area contributed by atoms with Gasteiger partial charge in [0.15, 0.2) is 0 Å². The molecule has 2 rings (SSSR count). The van der Waals surface area contributed by atoms with Crippen molar-refractivity contribution in [3.05, 3.63) is 35.9 Å². The fourth-order valence-corrected chi connectivity index (χ4v) is 3.30. The lowest BCUT2D eigenvalue weighted by atomic mass is 9.64. The van der Waals surface area contributed by atoms with Crippen LogP contribution in [0.5, 0.6) is 0 Å². The summed E-state index contributed by atoms with van der Waals surface area (Å²) in [6, 6.07) is 10.0. The third kappa shape index (κ3) is 2.15. The maximum Gasteiger partial charge on any atom is 0.228 e. The van der Waals surface area contributed by atoms with Crippen molar-refractivity contribution < 1.29 is 4.79 Å². The Morgan fingerprint density at radius 1 is 1.33 bits per heavy atom. The highest BCUT2D eigenvalue weighted by atomic mass is 16.1. The molecule has 1 heterocycles. The lowest BCUT2D eigenvalue weighted by molar-refractivity contribution is -0.126. The predicted molar refractivity (Wildman–Crippen MR) is 73.2 cm³/mol. The van der Waals surface area contributed by atoms with Gasteiger partial charge in [0, 0.05) is 0 Å². The van der Waals surface area contributed by atoms with Crippen LogP contribution >= 0.6 is 0 Å². The van der Waals surface area contributed by atoms with E-state index in [4.69, 9.17) is 5.73 Å². The number of piperidine rings is 1. The molecule has 1 unspecified atom stereocenters. The Balaban J connectivity index is 2.42. The Hall–Kier alpha value is -1.35. The SMILES string of the molecule is CCC(C(N)=O)(c1ccccc1)C1CCNCC1. The maximum absolute atomic E-state index is 12.2. The first kappa shape index (κ1) is 13.1. The summed E-state index contributed by atoms with van der Waals surface area (Å²) in [4.78, 5) is 12.2. The van der Waals surface area contributed by atoms with Gasteiger partial charge in [0.05, 0.1) is 5.41 Å². The summed E-state index contributed by atoms with van der Waals surface area (Å²) in [7, 11) is 0. The first-order chi connectivity index (χ1) is 8.71. The predicted octanol–water partition coefficient (Wildman–Crippen LogP) is 1.82. The minimum Gasteiger partial charge on any atom is -0.369 e. The average Bonchev–Trinajstić information content (AvgIpc) is 2.42. The first-order valence-corrected chi connectivity index (χ1v) is 6.78. The number of carbonyl (C=O) groups excluding carboxylic acids is 1. The van der Waals surface area contributed by atoms with Gasteiger partial charge in [-0.2, -0.15) is 0 Å². The fourth-order valence-electron chi connectivity index (χ4n) is 3.30. The number of nitrogens with one attached hydrogen (secondary N) is 1. The number of nitrogens with two attached hydrogens (primary N) is 1. The summed E-state index contributed by atoms with van der Waals surface area (Å²) in [6.07, 6.45) is 2.81. The molecule has 0 aliphatic carbocycles. The number of carbonyl (C=O) groups is 1. The summed E-state index contributed by atoms with van der Waals surface area (Å²) >= 11 is 0. The molecule has 1 atom stereocenters. The van der Waals surface area contributed by atoms with E-state index in [-0.39, 0.29) is 5.91 Å². The highest BCUT2D eigenvalue weighted by Gasteiger charge is 2.44. The Morgan fingerprint density at radius 3 is 2.44 bits per heavy atom. The van der Waals surface area contributed by atoms with E-state index < -0.39 is 5.41 Å². The van der Waals surface area contributed by atoms with Crippen LogP contribution in [-0.4, -0.2) is 19.0 Å². The number of hydrogen-bond donors (Lipinski definition) is 2. The number of hydrogen-bond acceptors (Lipinski definition) is 2. The standard InChI is InChI=1S/C15H22N2O/c1-2-15(14(16)18,12-6-4-3-5-7-12)13-8-10-17-11-9-13/h3-7,13,17H,2,8-11H2,1H3,(H2,16,18). The van der Waals surface area contributed by atoms with Gasteiger partial charge in [-0.1, -0.05) is 37.3 Å². The zero-order valence-electron chi connectivity index (χ0n) is 11.0. The maximum atomic E-state index is 12.2. The molecule has 1 aromatic carbocycles. The number of rotatable bonds is 4. The van der Waals surface area contributed by atoms with Gasteiger partial charge in [0.2, 0.25) is 5.91 Å². The minimum atomic E-state index is -0.497. The second-order valence-corrected chi connectivity index (χ2v) is 5.08. The van der Waals surface area contributed by atoms with Crippen molar-refractivity contribution in [2.75, 3.05) is 13.1 Å². The quantitative estimate of drug-likeness (QED) is 0.851. The monoisotopic (exact) mass is 246 g/mol. The number of benzene rings is 1. The van der Waals surface area contributed by atoms with Crippen LogP contribution in [0.4, 0.5) is 0 Å². The minimum absolute atomic E-state index is 0.178. The molecule has 0 aromatic heterocycles. The van der Waals surface area contributed by atoms with Crippen LogP contribution in [0.15, 0.2) is 30.3 Å². The van der Waals surface area contributed by atoms with Crippen molar-refractivity contribution in [2.45, 2.75) is 31.6 Å². The molecule has 1 aromatic rings. The molecule has 3 nitrogen and oxygen atoms in total. The molecule has 1 aliphatic heterocycles. The Labute approximate surface area is 109 Å². The second-order valence-electron chi connectivity index (χ2n) is 5.08. The van der Waals surface area contributed by atoms with Gasteiger partial charge in [0.25, 0.3) is 0 Å². The van der Waals surface area contributed by atoms with Crippen LogP contribution in [-0.2, 0) is 10.2 Å². The molecule has 0 saturated carbocycles. The van der Waals surface area contributed by atoms with E-state index >= 15 is 0 Å². The molecule has 1 amide bonds. The van der Waals surface area contributed by atoms with Crippen molar-refractivity contribution in [3.8, 4) is 0 Å². The van der Waals surface area contributed by atoms with Gasteiger partial charge in [-0.3, -0.25) is 4.79 Å². The smallest absolute Gasteiger partial charge is 0.228 e. The van der Waals surface area contributed by atoms with Gasteiger partial charge in [-0.05, 0) is 43.8 Å². The normalized spacial score (nSPS) is 20.3. The molecular formula is C15H22N2O. The van der Waals surface area contributed by atoms with Crippen LogP contribution in [0.25, 0.3) is 0 Å². The van der Waals surface area contributed by atoms with Crippen LogP contribution < -0.4 is 11.1 Å². The topological polar surface area (TPSA) is 55.1 Å². The summed E-state index contributed by atoms with van der Waals surface area (Å²) in [5.41, 5.74) is 6.36. The summed E-state index contributed by atoms with van der Waals surface area (Å²) in [5.74, 6) is 0.173. The van der Waals surface area contributed by atoms with E-state index in [1.54, 1.807) is 0 Å².